The van der Waals surface area contributed by atoms with E-state index in [0.717, 1.165) is 36.5 Å². The average Bonchev–Trinajstić information content (AvgIpc) is 3.01. The summed E-state index contributed by atoms with van der Waals surface area (Å²) >= 11 is 0. The Kier molecular flexibility index (Phi) is 5.43. The van der Waals surface area contributed by atoms with Gasteiger partial charge in [-0.25, -0.2) is 0 Å². The highest BCUT2D eigenvalue weighted by Crippen LogP contribution is 2.23. The Morgan fingerprint density at radius 1 is 1.40 bits per heavy atom. The van der Waals surface area contributed by atoms with Crippen molar-refractivity contribution >= 4 is 5.91 Å². The number of nitrogens with zero attached hydrogens (tertiary/aromatic N) is 1. The lowest BCUT2D eigenvalue weighted by atomic mass is 9.92. The molecule has 0 bridgehead atoms. The van der Waals surface area contributed by atoms with Gasteiger partial charge in [0.05, 0.1) is 0 Å². The number of benzene rings is 1. The van der Waals surface area contributed by atoms with Crippen LogP contribution < -0.4 is 10.5 Å². The average molecular weight is 342 g/mol. The van der Waals surface area contributed by atoms with E-state index in [9.17, 15) is 4.79 Å². The molecule has 1 aliphatic rings. The molecule has 1 aromatic heterocycles. The van der Waals surface area contributed by atoms with E-state index in [1.165, 1.54) is 0 Å². The first-order chi connectivity index (χ1) is 12.0. The fraction of sp³-hybridized carbons (Fsp3) is 0.450. The van der Waals surface area contributed by atoms with Gasteiger partial charge >= 0.3 is 0 Å². The molecule has 1 fully saturated rings. The molecule has 1 aromatic carbocycles. The van der Waals surface area contributed by atoms with Crippen molar-refractivity contribution in [3.05, 3.63) is 53.5 Å². The maximum atomic E-state index is 12.8. The third-order valence-corrected chi connectivity index (χ3v) is 4.86. The van der Waals surface area contributed by atoms with Gasteiger partial charge in [0.15, 0.2) is 5.76 Å². The number of furan rings is 1. The van der Waals surface area contributed by atoms with Gasteiger partial charge in [-0.1, -0.05) is 18.2 Å². The molecule has 25 heavy (non-hydrogen) atoms. The first-order valence-corrected chi connectivity index (χ1v) is 8.86. The molecule has 1 aliphatic heterocycles. The van der Waals surface area contributed by atoms with Crippen LogP contribution in [0.3, 0.4) is 0 Å². The second-order valence-corrected chi connectivity index (χ2v) is 6.81. The molecule has 134 valence electrons. The molecular weight excluding hydrogens is 316 g/mol. The smallest absolute Gasteiger partial charge is 0.289 e. The molecule has 0 aliphatic carbocycles. The van der Waals surface area contributed by atoms with Gasteiger partial charge < -0.3 is 19.8 Å². The second-order valence-electron chi connectivity index (χ2n) is 6.81. The number of aryl methyl sites for hydroxylation is 1. The minimum atomic E-state index is -0.0561. The van der Waals surface area contributed by atoms with E-state index in [-0.39, 0.29) is 11.9 Å². The molecule has 2 aromatic rings. The van der Waals surface area contributed by atoms with Crippen LogP contribution in [0.5, 0.6) is 5.75 Å². The first kappa shape index (κ1) is 17.5. The fourth-order valence-corrected chi connectivity index (χ4v) is 3.23. The molecule has 0 spiro atoms. The van der Waals surface area contributed by atoms with E-state index < -0.39 is 0 Å². The summed E-state index contributed by atoms with van der Waals surface area (Å²) in [6.07, 6.45) is 2.07. The summed E-state index contributed by atoms with van der Waals surface area (Å²) in [6, 6.07) is 11.5. The van der Waals surface area contributed by atoms with E-state index in [2.05, 4.69) is 0 Å². The zero-order valence-electron chi connectivity index (χ0n) is 14.9. The fourth-order valence-electron chi connectivity index (χ4n) is 3.23. The van der Waals surface area contributed by atoms with Crippen molar-refractivity contribution in [2.75, 3.05) is 13.1 Å². The summed E-state index contributed by atoms with van der Waals surface area (Å²) in [5.41, 5.74) is 6.91. The van der Waals surface area contributed by atoms with Gasteiger partial charge in [0.25, 0.3) is 5.91 Å². The molecule has 5 nitrogen and oxygen atoms in total. The third kappa shape index (κ3) is 4.23. The van der Waals surface area contributed by atoms with Crippen molar-refractivity contribution in [2.24, 2.45) is 11.7 Å². The van der Waals surface area contributed by atoms with Crippen LogP contribution in [0.1, 0.15) is 41.6 Å². The number of likely N-dealkylation sites (tertiary alicyclic amines) is 1. The molecule has 5 heteroatoms. The van der Waals surface area contributed by atoms with Crippen molar-refractivity contribution in [1.29, 1.82) is 0 Å². The van der Waals surface area contributed by atoms with Crippen molar-refractivity contribution in [3.63, 3.8) is 0 Å². The molecule has 2 N–H and O–H groups in total. The number of hydrogen-bond acceptors (Lipinski definition) is 4. The van der Waals surface area contributed by atoms with Crippen LogP contribution in [0.4, 0.5) is 0 Å². The van der Waals surface area contributed by atoms with Crippen LogP contribution >= 0.6 is 0 Å². The third-order valence-electron chi connectivity index (χ3n) is 4.86. The Morgan fingerprint density at radius 3 is 2.88 bits per heavy atom. The number of hydrogen-bond donors (Lipinski definition) is 1. The molecule has 0 saturated carbocycles. The number of amides is 1. The standard InChI is InChI=1S/C20H26N2O3/c1-14(21)16-7-6-10-22(12-16)20(23)19-11-17(15(2)25-19)13-24-18-8-4-3-5-9-18/h3-5,8-9,11,14,16H,6-7,10,12-13,21H2,1-2H3/t14-,16+/m0/s1. The van der Waals surface area contributed by atoms with Crippen molar-refractivity contribution < 1.29 is 13.9 Å². The lowest BCUT2D eigenvalue weighted by Crippen LogP contribution is -2.44. The summed E-state index contributed by atoms with van der Waals surface area (Å²) in [5.74, 6) is 2.20. The zero-order chi connectivity index (χ0) is 17.8. The molecule has 2 atom stereocenters. The summed E-state index contributed by atoms with van der Waals surface area (Å²) in [7, 11) is 0. The van der Waals surface area contributed by atoms with Gasteiger partial charge in [-0.2, -0.15) is 0 Å². The number of rotatable bonds is 5. The lowest BCUT2D eigenvalue weighted by molar-refractivity contribution is 0.0627. The van der Waals surface area contributed by atoms with Gasteiger partial charge in [-0.05, 0) is 50.8 Å². The molecule has 0 radical (unpaired) electrons. The van der Waals surface area contributed by atoms with Gasteiger partial charge in [0.1, 0.15) is 18.1 Å². The Bertz CT molecular complexity index is 709. The largest absolute Gasteiger partial charge is 0.489 e. The maximum Gasteiger partial charge on any atom is 0.289 e. The van der Waals surface area contributed by atoms with Gasteiger partial charge in [-0.3, -0.25) is 4.79 Å². The molecular formula is C20H26N2O3. The van der Waals surface area contributed by atoms with E-state index in [1.807, 2.05) is 49.1 Å². The monoisotopic (exact) mass is 342 g/mol. The predicted molar refractivity (Wildman–Crippen MR) is 96.5 cm³/mol. The number of ether oxygens (including phenoxy) is 1. The Labute approximate surface area is 148 Å². The number of para-hydroxylation sites is 1. The summed E-state index contributed by atoms with van der Waals surface area (Å²) in [6.45, 7) is 5.72. The molecule has 3 rings (SSSR count). The van der Waals surface area contributed by atoms with E-state index in [1.54, 1.807) is 6.07 Å². The topological polar surface area (TPSA) is 68.7 Å². The second kappa shape index (κ2) is 7.74. The van der Waals surface area contributed by atoms with Gasteiger partial charge in [0.2, 0.25) is 0 Å². The number of carbonyl (C=O) groups is 1. The number of piperidine rings is 1. The quantitative estimate of drug-likeness (QED) is 0.904. The number of nitrogens with two attached hydrogens (primary N) is 1. The maximum absolute atomic E-state index is 12.8. The van der Waals surface area contributed by atoms with Crippen LogP contribution in [0, 0.1) is 12.8 Å². The van der Waals surface area contributed by atoms with Crippen LogP contribution in [0.15, 0.2) is 40.8 Å². The van der Waals surface area contributed by atoms with E-state index >= 15 is 0 Å². The highest BCUT2D eigenvalue weighted by molar-refractivity contribution is 5.91. The molecule has 2 heterocycles. The Hall–Kier alpha value is -2.27. The number of carbonyl (C=O) groups excluding carboxylic acids is 1. The summed E-state index contributed by atoms with van der Waals surface area (Å²) < 4.78 is 11.5. The first-order valence-electron chi connectivity index (χ1n) is 8.86. The summed E-state index contributed by atoms with van der Waals surface area (Å²) in [4.78, 5) is 14.6. The van der Waals surface area contributed by atoms with Crippen LogP contribution in [0.25, 0.3) is 0 Å². The van der Waals surface area contributed by atoms with Crippen LogP contribution in [0.2, 0.25) is 0 Å². The van der Waals surface area contributed by atoms with Crippen molar-refractivity contribution in [3.8, 4) is 5.75 Å². The van der Waals surface area contributed by atoms with Gasteiger partial charge in [0, 0.05) is 24.7 Å². The lowest BCUT2D eigenvalue weighted by Gasteiger charge is -2.34. The SMILES string of the molecule is Cc1oc(C(=O)N2CCC[C@@H]([C@H](C)N)C2)cc1COc1ccccc1. The van der Waals surface area contributed by atoms with E-state index in [4.69, 9.17) is 14.9 Å². The Morgan fingerprint density at radius 2 is 2.16 bits per heavy atom. The van der Waals surface area contributed by atoms with E-state index in [0.29, 0.717) is 24.8 Å². The van der Waals surface area contributed by atoms with Crippen molar-refractivity contribution in [2.45, 2.75) is 39.3 Å². The minimum Gasteiger partial charge on any atom is -0.489 e. The molecule has 0 unspecified atom stereocenters. The Balaban J connectivity index is 1.65. The highest BCUT2D eigenvalue weighted by atomic mass is 16.5. The summed E-state index contributed by atoms with van der Waals surface area (Å²) in [5, 5.41) is 0. The minimum absolute atomic E-state index is 0.0561. The van der Waals surface area contributed by atoms with Gasteiger partial charge in [-0.15, -0.1) is 0 Å². The van der Waals surface area contributed by atoms with Crippen LogP contribution in [-0.4, -0.2) is 29.9 Å². The highest BCUT2D eigenvalue weighted by Gasteiger charge is 2.28. The van der Waals surface area contributed by atoms with Crippen LogP contribution in [-0.2, 0) is 6.61 Å². The molecule has 1 amide bonds. The molecule has 1 saturated heterocycles. The van der Waals surface area contributed by atoms with Crippen molar-refractivity contribution in [1.82, 2.24) is 4.90 Å². The normalized spacial score (nSPS) is 18.8. The predicted octanol–water partition coefficient (Wildman–Crippen LogP) is 3.37. The zero-order valence-corrected chi connectivity index (χ0v) is 14.9.